The number of thiophene rings is 1. The van der Waals surface area contributed by atoms with Gasteiger partial charge in [0.05, 0.1) is 12.8 Å². The summed E-state index contributed by atoms with van der Waals surface area (Å²) in [6.07, 6.45) is 4.48. The van der Waals surface area contributed by atoms with Gasteiger partial charge in [0.25, 0.3) is 0 Å². The van der Waals surface area contributed by atoms with E-state index in [4.69, 9.17) is 4.42 Å². The maximum atomic E-state index is 5.55. The van der Waals surface area contributed by atoms with E-state index in [9.17, 15) is 0 Å². The molecule has 0 spiro atoms. The predicted molar refractivity (Wildman–Crippen MR) is 78.1 cm³/mol. The summed E-state index contributed by atoms with van der Waals surface area (Å²) in [7, 11) is 1.95. The maximum absolute atomic E-state index is 5.55. The van der Waals surface area contributed by atoms with Crippen LogP contribution in [0, 0.1) is 0 Å². The van der Waals surface area contributed by atoms with E-state index in [-0.39, 0.29) is 0 Å². The van der Waals surface area contributed by atoms with Crippen molar-refractivity contribution in [2.75, 3.05) is 7.05 Å². The maximum Gasteiger partial charge on any atom is 0.122 e. The van der Waals surface area contributed by atoms with Crippen molar-refractivity contribution in [2.45, 2.75) is 38.5 Å². The number of rotatable bonds is 7. The van der Waals surface area contributed by atoms with Crippen LogP contribution in [0.15, 0.2) is 33.6 Å². The molecular weight excluding hydrogens is 256 g/mol. The van der Waals surface area contributed by atoms with Crippen LogP contribution in [-0.4, -0.2) is 18.0 Å². The molecule has 1 aliphatic rings. The van der Waals surface area contributed by atoms with Crippen molar-refractivity contribution in [1.82, 2.24) is 10.2 Å². The first-order chi connectivity index (χ1) is 9.36. The van der Waals surface area contributed by atoms with Crippen LogP contribution < -0.4 is 5.32 Å². The largest absolute Gasteiger partial charge is 0.468 e. The standard InChI is InChI=1S/C15H20N2OS/c1-16-8-15-13(4-6-18-15)10-17(14-2-3-14)9-12-5-7-19-11-12/h4-7,11,14,16H,2-3,8-10H2,1H3. The fourth-order valence-electron chi connectivity index (χ4n) is 2.41. The molecule has 19 heavy (non-hydrogen) atoms. The summed E-state index contributed by atoms with van der Waals surface area (Å²) in [6.45, 7) is 2.85. The quantitative estimate of drug-likeness (QED) is 0.841. The topological polar surface area (TPSA) is 28.4 Å². The molecule has 2 aromatic heterocycles. The van der Waals surface area contributed by atoms with Crippen LogP contribution in [0.25, 0.3) is 0 Å². The molecule has 2 heterocycles. The highest BCUT2D eigenvalue weighted by molar-refractivity contribution is 7.07. The Kier molecular flexibility index (Phi) is 4.01. The van der Waals surface area contributed by atoms with Crippen molar-refractivity contribution >= 4 is 11.3 Å². The van der Waals surface area contributed by atoms with E-state index in [0.29, 0.717) is 0 Å². The minimum absolute atomic E-state index is 0.761. The summed E-state index contributed by atoms with van der Waals surface area (Å²) in [5.74, 6) is 1.07. The van der Waals surface area contributed by atoms with Crippen LogP contribution in [-0.2, 0) is 19.6 Å². The van der Waals surface area contributed by atoms with Crippen molar-refractivity contribution in [3.63, 3.8) is 0 Å². The first kappa shape index (κ1) is 12.9. The Bertz CT molecular complexity index is 502. The van der Waals surface area contributed by atoms with Gasteiger partial charge in [0.2, 0.25) is 0 Å². The van der Waals surface area contributed by atoms with Gasteiger partial charge in [-0.2, -0.15) is 11.3 Å². The van der Waals surface area contributed by atoms with E-state index in [1.54, 1.807) is 17.6 Å². The summed E-state index contributed by atoms with van der Waals surface area (Å²) in [6, 6.07) is 5.09. The summed E-state index contributed by atoms with van der Waals surface area (Å²) >= 11 is 1.78. The number of hydrogen-bond acceptors (Lipinski definition) is 4. The Labute approximate surface area is 118 Å². The van der Waals surface area contributed by atoms with Crippen LogP contribution in [0.1, 0.15) is 29.7 Å². The highest BCUT2D eigenvalue weighted by atomic mass is 32.1. The van der Waals surface area contributed by atoms with Crippen molar-refractivity contribution in [2.24, 2.45) is 0 Å². The summed E-state index contributed by atoms with van der Waals surface area (Å²) < 4.78 is 5.55. The molecule has 1 fully saturated rings. The summed E-state index contributed by atoms with van der Waals surface area (Å²) in [4.78, 5) is 2.58. The van der Waals surface area contributed by atoms with Gasteiger partial charge in [0, 0.05) is 24.7 Å². The van der Waals surface area contributed by atoms with Gasteiger partial charge in [-0.15, -0.1) is 0 Å². The van der Waals surface area contributed by atoms with E-state index >= 15 is 0 Å². The number of nitrogens with zero attached hydrogens (tertiary/aromatic N) is 1. The first-order valence-corrected chi connectivity index (χ1v) is 7.76. The lowest BCUT2D eigenvalue weighted by atomic mass is 10.2. The number of furan rings is 1. The molecule has 3 nitrogen and oxygen atoms in total. The number of hydrogen-bond donors (Lipinski definition) is 1. The van der Waals surface area contributed by atoms with Gasteiger partial charge in [0.15, 0.2) is 0 Å². The molecule has 3 rings (SSSR count). The Balaban J connectivity index is 1.69. The number of nitrogens with one attached hydrogen (secondary N) is 1. The lowest BCUT2D eigenvalue weighted by molar-refractivity contribution is 0.244. The highest BCUT2D eigenvalue weighted by Crippen LogP contribution is 2.30. The highest BCUT2D eigenvalue weighted by Gasteiger charge is 2.29. The fourth-order valence-corrected chi connectivity index (χ4v) is 3.07. The zero-order valence-electron chi connectivity index (χ0n) is 11.3. The minimum atomic E-state index is 0.761. The zero-order valence-corrected chi connectivity index (χ0v) is 12.1. The third kappa shape index (κ3) is 3.26. The molecule has 0 radical (unpaired) electrons. The second kappa shape index (κ2) is 5.90. The van der Waals surface area contributed by atoms with E-state index in [0.717, 1.165) is 31.4 Å². The van der Waals surface area contributed by atoms with Crippen LogP contribution >= 0.6 is 11.3 Å². The predicted octanol–water partition coefficient (Wildman–Crippen LogP) is 3.23. The normalized spacial score (nSPS) is 15.3. The molecule has 0 aromatic carbocycles. The Morgan fingerprint density at radius 1 is 1.37 bits per heavy atom. The molecule has 102 valence electrons. The van der Waals surface area contributed by atoms with Crippen molar-refractivity contribution in [1.29, 1.82) is 0 Å². The zero-order chi connectivity index (χ0) is 13.1. The minimum Gasteiger partial charge on any atom is -0.468 e. The molecule has 2 aromatic rings. The molecule has 0 aliphatic heterocycles. The average Bonchev–Trinajstić information content (AvgIpc) is 2.96. The van der Waals surface area contributed by atoms with E-state index in [2.05, 4.69) is 33.1 Å². The summed E-state index contributed by atoms with van der Waals surface area (Å²) in [5.41, 5.74) is 2.74. The Morgan fingerprint density at radius 3 is 2.95 bits per heavy atom. The van der Waals surface area contributed by atoms with Gasteiger partial charge in [-0.25, -0.2) is 0 Å². The van der Waals surface area contributed by atoms with Gasteiger partial charge in [-0.05, 0) is 48.3 Å². The fraction of sp³-hybridized carbons (Fsp3) is 0.467. The summed E-state index contributed by atoms with van der Waals surface area (Å²) in [5, 5.41) is 7.57. The molecule has 0 unspecified atom stereocenters. The third-order valence-electron chi connectivity index (χ3n) is 3.58. The molecule has 0 bridgehead atoms. The van der Waals surface area contributed by atoms with Crippen LogP contribution in [0.2, 0.25) is 0 Å². The van der Waals surface area contributed by atoms with E-state index < -0.39 is 0 Å². The van der Waals surface area contributed by atoms with Crippen LogP contribution in [0.5, 0.6) is 0 Å². The van der Waals surface area contributed by atoms with Crippen molar-refractivity contribution in [3.8, 4) is 0 Å². The first-order valence-electron chi connectivity index (χ1n) is 6.82. The van der Waals surface area contributed by atoms with Gasteiger partial charge in [0.1, 0.15) is 5.76 Å². The van der Waals surface area contributed by atoms with E-state index in [1.165, 1.54) is 24.0 Å². The second-order valence-electron chi connectivity index (χ2n) is 5.17. The lowest BCUT2D eigenvalue weighted by Gasteiger charge is -2.21. The van der Waals surface area contributed by atoms with E-state index in [1.807, 2.05) is 7.05 Å². The van der Waals surface area contributed by atoms with Crippen molar-refractivity contribution in [3.05, 3.63) is 46.0 Å². The molecule has 4 heteroatoms. The molecule has 1 N–H and O–H groups in total. The van der Waals surface area contributed by atoms with Crippen LogP contribution in [0.4, 0.5) is 0 Å². The SMILES string of the molecule is CNCc1occc1CN(Cc1ccsc1)C1CC1. The monoisotopic (exact) mass is 276 g/mol. The van der Waals surface area contributed by atoms with Gasteiger partial charge in [-0.3, -0.25) is 4.90 Å². The Morgan fingerprint density at radius 2 is 2.26 bits per heavy atom. The smallest absolute Gasteiger partial charge is 0.122 e. The molecule has 0 atom stereocenters. The van der Waals surface area contributed by atoms with Crippen molar-refractivity contribution < 1.29 is 4.42 Å². The van der Waals surface area contributed by atoms with Gasteiger partial charge < -0.3 is 9.73 Å². The Hall–Kier alpha value is -1.10. The molecule has 0 amide bonds. The molecule has 1 aliphatic carbocycles. The van der Waals surface area contributed by atoms with Gasteiger partial charge in [-0.1, -0.05) is 0 Å². The average molecular weight is 276 g/mol. The molecule has 0 saturated heterocycles. The van der Waals surface area contributed by atoms with Crippen LogP contribution in [0.3, 0.4) is 0 Å². The third-order valence-corrected chi connectivity index (χ3v) is 4.31. The van der Waals surface area contributed by atoms with Gasteiger partial charge >= 0.3 is 0 Å². The second-order valence-corrected chi connectivity index (χ2v) is 5.95. The molecule has 1 saturated carbocycles. The lowest BCUT2D eigenvalue weighted by Crippen LogP contribution is -2.25. The molecular formula is C15H20N2OS.